The van der Waals surface area contributed by atoms with E-state index in [1.54, 1.807) is 0 Å². The highest BCUT2D eigenvalue weighted by Gasteiger charge is 2.55. The number of nitrogens with zero attached hydrogens (tertiary/aromatic N) is 4. The van der Waals surface area contributed by atoms with Gasteiger partial charge in [0, 0.05) is 4.91 Å². The van der Waals surface area contributed by atoms with E-state index in [1.807, 2.05) is 0 Å². The average Bonchev–Trinajstić information content (AvgIpc) is 2.68. The lowest BCUT2D eigenvalue weighted by atomic mass is 9.99. The van der Waals surface area contributed by atoms with Gasteiger partial charge in [0.15, 0.2) is 0 Å². The van der Waals surface area contributed by atoms with Gasteiger partial charge in [-0.25, -0.2) is 18.0 Å². The molecule has 0 bridgehead atoms. The first-order valence-electron chi connectivity index (χ1n) is 6.12. The smallest absolute Gasteiger partial charge is 0.407 e. The summed E-state index contributed by atoms with van der Waals surface area (Å²) in [6.07, 6.45) is -1.97. The van der Waals surface area contributed by atoms with Crippen molar-refractivity contribution >= 4 is 17.7 Å². The number of azide groups is 1. The van der Waals surface area contributed by atoms with Crippen LogP contribution < -0.4 is 0 Å². The minimum absolute atomic E-state index is 0.0282. The summed E-state index contributed by atoms with van der Waals surface area (Å²) in [7, 11) is 0. The van der Waals surface area contributed by atoms with Crippen molar-refractivity contribution in [3.63, 3.8) is 0 Å². The Morgan fingerprint density at radius 1 is 1.59 bits per heavy atom. The highest BCUT2D eigenvalue weighted by atomic mass is 35.5. The molecule has 118 valence electrons. The number of likely N-dealkylation sites (tertiary alicyclic amines) is 1. The van der Waals surface area contributed by atoms with Gasteiger partial charge in [-0.15, -0.1) is 0 Å². The molecule has 1 fully saturated rings. The van der Waals surface area contributed by atoms with E-state index in [0.717, 1.165) is 0 Å². The van der Waals surface area contributed by atoms with Gasteiger partial charge in [0.25, 0.3) is 5.92 Å². The maximum absolute atomic E-state index is 13.9. The normalized spacial score (nSPS) is 23.2. The quantitative estimate of drug-likeness (QED) is 0.519. The molecule has 1 saturated heterocycles. The van der Waals surface area contributed by atoms with E-state index in [2.05, 4.69) is 10.0 Å². The molecule has 2 atom stereocenters. The van der Waals surface area contributed by atoms with Crippen LogP contribution in [0.15, 0.2) is 23.3 Å². The summed E-state index contributed by atoms with van der Waals surface area (Å²) in [6.45, 7) is -1.11. The number of carbonyl (C=O) groups is 1. The number of hydrogen-bond acceptors (Lipinski definition) is 2. The van der Waals surface area contributed by atoms with Crippen molar-refractivity contribution in [3.8, 4) is 0 Å². The van der Waals surface area contributed by atoms with Crippen LogP contribution in [0.2, 0.25) is 5.02 Å². The predicted octanol–water partition coefficient (Wildman–Crippen LogP) is 3.70. The van der Waals surface area contributed by atoms with Crippen molar-refractivity contribution in [3.05, 3.63) is 45.0 Å². The molecule has 1 aromatic carbocycles. The Bertz CT molecular complexity index is 651. The van der Waals surface area contributed by atoms with Crippen LogP contribution in [0.1, 0.15) is 5.56 Å². The lowest BCUT2D eigenvalue weighted by Gasteiger charge is -2.23. The molecule has 0 radical (unpaired) electrons. The predicted molar refractivity (Wildman–Crippen MR) is 71.5 cm³/mol. The van der Waals surface area contributed by atoms with E-state index in [9.17, 15) is 18.0 Å². The molecule has 0 aromatic heterocycles. The molecule has 1 N–H and O–H groups in total. The molecule has 10 heteroatoms. The zero-order chi connectivity index (χ0) is 16.5. The Balaban J connectivity index is 2.41. The van der Waals surface area contributed by atoms with E-state index in [0.29, 0.717) is 4.90 Å². The van der Waals surface area contributed by atoms with Crippen LogP contribution in [0.4, 0.5) is 18.0 Å². The SMILES string of the molecule is [N-]=[N+]=N[C@@H]1[C@H](Cc2cccc(Cl)c2F)N(C(=O)O)CC1(F)F. The van der Waals surface area contributed by atoms with E-state index >= 15 is 0 Å². The molecule has 1 aliphatic rings. The summed E-state index contributed by atoms with van der Waals surface area (Å²) >= 11 is 5.62. The van der Waals surface area contributed by atoms with Crippen LogP contribution in [0.25, 0.3) is 10.4 Å². The molecule has 0 aliphatic carbocycles. The maximum atomic E-state index is 13.9. The van der Waals surface area contributed by atoms with Crippen LogP contribution in [0.5, 0.6) is 0 Å². The summed E-state index contributed by atoms with van der Waals surface area (Å²) < 4.78 is 41.6. The first kappa shape index (κ1) is 16.3. The first-order chi connectivity index (χ1) is 10.3. The molecule has 6 nitrogen and oxygen atoms in total. The van der Waals surface area contributed by atoms with Gasteiger partial charge in [0.05, 0.1) is 17.6 Å². The molecule has 0 unspecified atom stereocenters. The fraction of sp³-hybridized carbons (Fsp3) is 0.417. The minimum atomic E-state index is -3.52. The number of benzene rings is 1. The van der Waals surface area contributed by atoms with Gasteiger partial charge in [-0.2, -0.15) is 0 Å². The maximum Gasteiger partial charge on any atom is 0.407 e. The standard InChI is InChI=1S/C12H10ClF3N4O2/c13-7-3-1-2-6(9(7)14)4-8-10(18-19-17)12(15,16)5-20(8)11(21)22/h1-3,8,10H,4-5H2,(H,21,22)/t8-,10+/m0/s1. The average molecular weight is 335 g/mol. The second-order valence-corrected chi connectivity index (χ2v) is 5.21. The van der Waals surface area contributed by atoms with Crippen molar-refractivity contribution in [1.82, 2.24) is 4.90 Å². The van der Waals surface area contributed by atoms with Crippen LogP contribution in [-0.4, -0.2) is 40.7 Å². The molecule has 1 amide bonds. The van der Waals surface area contributed by atoms with Gasteiger partial charge in [-0.1, -0.05) is 28.8 Å². The zero-order valence-corrected chi connectivity index (χ0v) is 11.7. The summed E-state index contributed by atoms with van der Waals surface area (Å²) in [5.74, 6) is -4.34. The number of halogens is 4. The topological polar surface area (TPSA) is 89.3 Å². The van der Waals surface area contributed by atoms with Crippen LogP contribution >= 0.6 is 11.6 Å². The Morgan fingerprint density at radius 2 is 2.27 bits per heavy atom. The van der Waals surface area contributed by atoms with Gasteiger partial charge in [0.2, 0.25) is 0 Å². The lowest BCUT2D eigenvalue weighted by molar-refractivity contribution is -0.00101. The number of rotatable bonds is 3. The summed E-state index contributed by atoms with van der Waals surface area (Å²) in [4.78, 5) is 13.9. The fourth-order valence-electron chi connectivity index (χ4n) is 2.47. The zero-order valence-electron chi connectivity index (χ0n) is 11.0. The molecule has 1 heterocycles. The van der Waals surface area contributed by atoms with E-state index in [1.165, 1.54) is 18.2 Å². The Hall–Kier alpha value is -2.12. The Morgan fingerprint density at radius 3 is 2.86 bits per heavy atom. The molecular weight excluding hydrogens is 325 g/mol. The van der Waals surface area contributed by atoms with Gasteiger partial charge in [-0.05, 0) is 23.6 Å². The molecular formula is C12H10ClF3N4O2. The van der Waals surface area contributed by atoms with E-state index in [4.69, 9.17) is 22.2 Å². The van der Waals surface area contributed by atoms with Crippen molar-refractivity contribution in [2.24, 2.45) is 5.11 Å². The second kappa shape index (κ2) is 5.94. The first-order valence-corrected chi connectivity index (χ1v) is 6.50. The highest BCUT2D eigenvalue weighted by Crippen LogP contribution is 2.37. The summed E-state index contributed by atoms with van der Waals surface area (Å²) in [6, 6.07) is 0.721. The van der Waals surface area contributed by atoms with Gasteiger partial charge >= 0.3 is 6.09 Å². The summed E-state index contributed by atoms with van der Waals surface area (Å²) in [5.41, 5.74) is 8.40. The van der Waals surface area contributed by atoms with Crippen LogP contribution in [-0.2, 0) is 6.42 Å². The molecule has 1 aromatic rings. The van der Waals surface area contributed by atoms with Gasteiger partial charge in [0.1, 0.15) is 11.9 Å². The van der Waals surface area contributed by atoms with E-state index in [-0.39, 0.29) is 17.0 Å². The van der Waals surface area contributed by atoms with Gasteiger partial charge < -0.3 is 5.11 Å². The number of hydrogen-bond donors (Lipinski definition) is 1. The van der Waals surface area contributed by atoms with Crippen molar-refractivity contribution < 1.29 is 23.1 Å². The van der Waals surface area contributed by atoms with Crippen LogP contribution in [0, 0.1) is 5.82 Å². The number of amides is 1. The molecule has 1 aliphatic heterocycles. The van der Waals surface area contributed by atoms with Gasteiger partial charge in [-0.3, -0.25) is 4.90 Å². The Kier molecular flexibility index (Phi) is 4.39. The van der Waals surface area contributed by atoms with Crippen molar-refractivity contribution in [1.29, 1.82) is 0 Å². The molecule has 2 rings (SSSR count). The van der Waals surface area contributed by atoms with Crippen LogP contribution in [0.3, 0.4) is 0 Å². The third-order valence-corrected chi connectivity index (χ3v) is 3.75. The largest absolute Gasteiger partial charge is 0.465 e. The highest BCUT2D eigenvalue weighted by molar-refractivity contribution is 6.30. The third kappa shape index (κ3) is 2.90. The Labute approximate surface area is 127 Å². The van der Waals surface area contributed by atoms with Crippen molar-refractivity contribution in [2.45, 2.75) is 24.4 Å². The fourth-order valence-corrected chi connectivity index (χ4v) is 2.66. The third-order valence-electron chi connectivity index (χ3n) is 3.46. The monoisotopic (exact) mass is 334 g/mol. The number of carboxylic acid groups (broad SMARTS) is 1. The molecule has 0 spiro atoms. The minimum Gasteiger partial charge on any atom is -0.465 e. The summed E-state index contributed by atoms with van der Waals surface area (Å²) in [5, 5.41) is 11.8. The number of alkyl halides is 2. The molecule has 22 heavy (non-hydrogen) atoms. The molecule has 0 saturated carbocycles. The second-order valence-electron chi connectivity index (χ2n) is 4.81. The van der Waals surface area contributed by atoms with E-state index < -0.39 is 36.5 Å². The lowest BCUT2D eigenvalue weighted by Crippen LogP contribution is -2.40. The van der Waals surface area contributed by atoms with Crippen molar-refractivity contribution in [2.75, 3.05) is 6.54 Å².